The Labute approximate surface area is 104 Å². The van der Waals surface area contributed by atoms with Crippen LogP contribution in [0.15, 0.2) is 0 Å². The highest BCUT2D eigenvalue weighted by molar-refractivity contribution is 5.69. The van der Waals surface area contributed by atoms with Crippen molar-refractivity contribution in [1.82, 2.24) is 4.90 Å². The Kier molecular flexibility index (Phi) is 4.07. The van der Waals surface area contributed by atoms with Gasteiger partial charge in [-0.25, -0.2) is 4.79 Å². The fourth-order valence-electron chi connectivity index (χ4n) is 2.38. The van der Waals surface area contributed by atoms with Crippen LogP contribution in [0.25, 0.3) is 0 Å². The van der Waals surface area contributed by atoms with E-state index in [0.717, 1.165) is 6.42 Å². The number of carbonyl (C=O) groups is 1. The minimum Gasteiger partial charge on any atom is -0.444 e. The molecule has 0 radical (unpaired) electrons. The van der Waals surface area contributed by atoms with Gasteiger partial charge in [-0.2, -0.15) is 0 Å². The monoisotopic (exact) mass is 243 g/mol. The summed E-state index contributed by atoms with van der Waals surface area (Å²) < 4.78 is 5.29. The Morgan fingerprint density at radius 3 is 2.29 bits per heavy atom. The molecule has 0 saturated carbocycles. The highest BCUT2D eigenvalue weighted by atomic mass is 16.6. The van der Waals surface area contributed by atoms with E-state index >= 15 is 0 Å². The first-order valence-electron chi connectivity index (χ1n) is 6.26. The molecule has 0 aromatic rings. The lowest BCUT2D eigenvalue weighted by atomic mass is 9.74. The van der Waals surface area contributed by atoms with Crippen LogP contribution in [0.4, 0.5) is 4.79 Å². The van der Waals surface area contributed by atoms with Crippen molar-refractivity contribution in [2.24, 2.45) is 11.3 Å². The number of likely N-dealkylation sites (tertiary alicyclic amines) is 1. The molecule has 0 atom stereocenters. The summed E-state index contributed by atoms with van der Waals surface area (Å²) >= 11 is 0. The third kappa shape index (κ3) is 3.87. The number of amides is 1. The van der Waals surface area contributed by atoms with E-state index in [1.807, 2.05) is 20.8 Å². The van der Waals surface area contributed by atoms with E-state index in [1.165, 1.54) is 0 Å². The molecule has 4 nitrogen and oxygen atoms in total. The van der Waals surface area contributed by atoms with Crippen molar-refractivity contribution in [2.75, 3.05) is 19.7 Å². The Hall–Kier alpha value is -0.770. The fourth-order valence-corrected chi connectivity index (χ4v) is 2.38. The molecule has 1 aliphatic heterocycles. The predicted molar refractivity (Wildman–Crippen MR) is 66.8 cm³/mol. The predicted octanol–water partition coefficient (Wildman–Crippen LogP) is 2.26. The van der Waals surface area contributed by atoms with Gasteiger partial charge in [0.1, 0.15) is 5.60 Å². The van der Waals surface area contributed by atoms with Crippen molar-refractivity contribution in [2.45, 2.75) is 46.6 Å². The lowest BCUT2D eigenvalue weighted by Crippen LogP contribution is -2.61. The summed E-state index contributed by atoms with van der Waals surface area (Å²) in [5, 5.41) is 9.44. The van der Waals surface area contributed by atoms with Gasteiger partial charge in [0.2, 0.25) is 0 Å². The van der Waals surface area contributed by atoms with E-state index in [2.05, 4.69) is 13.8 Å². The highest BCUT2D eigenvalue weighted by Crippen LogP contribution is 2.36. The normalized spacial score (nSPS) is 19.1. The Bertz CT molecular complexity index is 275. The number of hydrogen-bond donors (Lipinski definition) is 1. The van der Waals surface area contributed by atoms with Gasteiger partial charge in [0, 0.05) is 18.5 Å². The Morgan fingerprint density at radius 1 is 1.41 bits per heavy atom. The molecule has 1 rings (SSSR count). The van der Waals surface area contributed by atoms with Crippen LogP contribution in [-0.4, -0.2) is 41.4 Å². The van der Waals surface area contributed by atoms with Crippen LogP contribution >= 0.6 is 0 Å². The summed E-state index contributed by atoms with van der Waals surface area (Å²) in [6, 6.07) is 0. The van der Waals surface area contributed by atoms with E-state index in [9.17, 15) is 9.90 Å². The lowest BCUT2D eigenvalue weighted by molar-refractivity contribution is -0.0646. The zero-order chi connectivity index (χ0) is 13.3. The van der Waals surface area contributed by atoms with E-state index in [-0.39, 0.29) is 18.1 Å². The second-order valence-electron chi connectivity index (χ2n) is 6.59. The number of aliphatic hydroxyl groups excluding tert-OH is 1. The number of hydrogen-bond acceptors (Lipinski definition) is 3. The number of rotatable bonds is 3. The summed E-state index contributed by atoms with van der Waals surface area (Å²) in [5.74, 6) is 0.530. The standard InChI is InChI=1S/C13H25NO3/c1-10(2)6-13(9-15)7-14(8-13)11(16)17-12(3,4)5/h10,15H,6-9H2,1-5H3. The second kappa shape index (κ2) is 4.84. The van der Waals surface area contributed by atoms with Gasteiger partial charge < -0.3 is 14.7 Å². The molecular formula is C13H25NO3. The van der Waals surface area contributed by atoms with Crippen LogP contribution in [0.3, 0.4) is 0 Å². The molecule has 1 saturated heterocycles. The quantitative estimate of drug-likeness (QED) is 0.827. The molecule has 0 aromatic heterocycles. The van der Waals surface area contributed by atoms with Crippen molar-refractivity contribution in [3.05, 3.63) is 0 Å². The number of carbonyl (C=O) groups excluding carboxylic acids is 1. The highest BCUT2D eigenvalue weighted by Gasteiger charge is 2.46. The first-order valence-corrected chi connectivity index (χ1v) is 6.26. The summed E-state index contributed by atoms with van der Waals surface area (Å²) in [5.41, 5.74) is -0.558. The minimum atomic E-state index is -0.452. The van der Waals surface area contributed by atoms with Gasteiger partial charge >= 0.3 is 6.09 Å². The summed E-state index contributed by atoms with van der Waals surface area (Å²) in [7, 11) is 0. The molecule has 1 amide bonds. The van der Waals surface area contributed by atoms with Crippen molar-refractivity contribution >= 4 is 6.09 Å². The maximum absolute atomic E-state index is 11.8. The number of ether oxygens (including phenoxy) is 1. The van der Waals surface area contributed by atoms with Gasteiger partial charge in [0.05, 0.1) is 6.61 Å². The van der Waals surface area contributed by atoms with Crippen LogP contribution in [0.5, 0.6) is 0 Å². The summed E-state index contributed by atoms with van der Waals surface area (Å²) in [4.78, 5) is 13.4. The van der Waals surface area contributed by atoms with Crippen molar-refractivity contribution in [3.8, 4) is 0 Å². The molecule has 4 heteroatoms. The van der Waals surface area contributed by atoms with Gasteiger partial charge in [-0.15, -0.1) is 0 Å². The molecule has 1 N–H and O–H groups in total. The molecule has 0 aliphatic carbocycles. The van der Waals surface area contributed by atoms with Crippen molar-refractivity contribution in [1.29, 1.82) is 0 Å². The third-order valence-corrected chi connectivity index (χ3v) is 2.88. The molecule has 1 aliphatic rings. The van der Waals surface area contributed by atoms with Gasteiger partial charge in [-0.1, -0.05) is 13.8 Å². The zero-order valence-electron chi connectivity index (χ0n) is 11.6. The lowest BCUT2D eigenvalue weighted by Gasteiger charge is -2.49. The Balaban J connectivity index is 2.46. The number of nitrogens with zero attached hydrogens (tertiary/aromatic N) is 1. The molecule has 0 unspecified atom stereocenters. The SMILES string of the molecule is CC(C)CC1(CO)CN(C(=O)OC(C)(C)C)C1. The van der Waals surface area contributed by atoms with E-state index in [0.29, 0.717) is 19.0 Å². The maximum atomic E-state index is 11.8. The van der Waals surface area contributed by atoms with Crippen LogP contribution in [0.2, 0.25) is 0 Å². The average Bonchev–Trinajstić information content (AvgIpc) is 2.06. The molecule has 17 heavy (non-hydrogen) atoms. The summed E-state index contributed by atoms with van der Waals surface area (Å²) in [6.07, 6.45) is 0.674. The van der Waals surface area contributed by atoms with E-state index < -0.39 is 5.60 Å². The Morgan fingerprint density at radius 2 is 1.94 bits per heavy atom. The smallest absolute Gasteiger partial charge is 0.410 e. The largest absolute Gasteiger partial charge is 0.444 e. The number of aliphatic hydroxyl groups is 1. The molecule has 0 spiro atoms. The van der Waals surface area contributed by atoms with Crippen LogP contribution in [0, 0.1) is 11.3 Å². The van der Waals surface area contributed by atoms with Gasteiger partial charge in [0.15, 0.2) is 0 Å². The van der Waals surface area contributed by atoms with E-state index in [1.54, 1.807) is 4.90 Å². The molecule has 0 bridgehead atoms. The molecule has 1 fully saturated rings. The minimum absolute atomic E-state index is 0.106. The van der Waals surface area contributed by atoms with E-state index in [4.69, 9.17) is 4.74 Å². The maximum Gasteiger partial charge on any atom is 0.410 e. The first kappa shape index (κ1) is 14.3. The first-order chi connectivity index (χ1) is 7.67. The molecular weight excluding hydrogens is 218 g/mol. The van der Waals surface area contributed by atoms with Crippen LogP contribution in [0.1, 0.15) is 41.0 Å². The van der Waals surface area contributed by atoms with Gasteiger partial charge in [-0.3, -0.25) is 0 Å². The molecule has 1 heterocycles. The van der Waals surface area contributed by atoms with Crippen LogP contribution < -0.4 is 0 Å². The second-order valence-corrected chi connectivity index (χ2v) is 6.59. The van der Waals surface area contributed by atoms with Gasteiger partial charge in [-0.05, 0) is 33.1 Å². The third-order valence-electron chi connectivity index (χ3n) is 2.88. The summed E-state index contributed by atoms with van der Waals surface area (Å²) in [6.45, 7) is 11.2. The van der Waals surface area contributed by atoms with Gasteiger partial charge in [0.25, 0.3) is 0 Å². The zero-order valence-corrected chi connectivity index (χ0v) is 11.6. The topological polar surface area (TPSA) is 49.8 Å². The van der Waals surface area contributed by atoms with Crippen LogP contribution in [-0.2, 0) is 4.74 Å². The molecule has 100 valence electrons. The average molecular weight is 243 g/mol. The van der Waals surface area contributed by atoms with Crippen molar-refractivity contribution in [3.63, 3.8) is 0 Å². The fraction of sp³-hybridized carbons (Fsp3) is 0.923. The molecule has 0 aromatic carbocycles. The van der Waals surface area contributed by atoms with Crippen molar-refractivity contribution < 1.29 is 14.6 Å².